The van der Waals surface area contributed by atoms with Crippen LogP contribution in [-0.4, -0.2) is 16.1 Å². The van der Waals surface area contributed by atoms with E-state index in [1.807, 2.05) is 0 Å². The van der Waals surface area contributed by atoms with E-state index in [-0.39, 0.29) is 5.91 Å². The predicted molar refractivity (Wildman–Crippen MR) is 73.7 cm³/mol. The second-order valence-corrected chi connectivity index (χ2v) is 6.05. The lowest BCUT2D eigenvalue weighted by Crippen LogP contribution is -2.12. The first kappa shape index (κ1) is 13.5. The van der Waals surface area contributed by atoms with E-state index >= 15 is 0 Å². The topological polar surface area (TPSA) is 54.9 Å². The number of carbonyl (C=O) groups excluding carboxylic acids is 1. The molecule has 0 aliphatic heterocycles. The van der Waals surface area contributed by atoms with Gasteiger partial charge in [0.1, 0.15) is 5.01 Å². The third kappa shape index (κ3) is 4.05. The van der Waals surface area contributed by atoms with Gasteiger partial charge >= 0.3 is 0 Å². The molecule has 1 heterocycles. The van der Waals surface area contributed by atoms with Gasteiger partial charge in [0, 0.05) is 12.8 Å². The molecular formula is C13H21N3OS. The standard InChI is InChI=1S/C13H21N3OS/c1-2-5-12-15-16-13(18-12)14-11(17)9-8-10-6-3-4-7-10/h10H,2-9H2,1H3,(H,14,16,17). The fourth-order valence-electron chi connectivity index (χ4n) is 2.44. The maximum atomic E-state index is 11.8. The Kier molecular flexibility index (Phi) is 5.11. The van der Waals surface area contributed by atoms with Gasteiger partial charge in [-0.05, 0) is 18.8 Å². The van der Waals surface area contributed by atoms with Crippen molar-refractivity contribution in [2.24, 2.45) is 5.92 Å². The highest BCUT2D eigenvalue weighted by molar-refractivity contribution is 7.15. The molecule has 0 atom stereocenters. The summed E-state index contributed by atoms with van der Waals surface area (Å²) >= 11 is 1.49. The van der Waals surface area contributed by atoms with Crippen LogP contribution in [0.4, 0.5) is 5.13 Å². The normalized spacial score (nSPS) is 16.1. The molecule has 1 aliphatic rings. The van der Waals surface area contributed by atoms with E-state index in [9.17, 15) is 4.79 Å². The van der Waals surface area contributed by atoms with Crippen molar-refractivity contribution < 1.29 is 4.79 Å². The van der Waals surface area contributed by atoms with Crippen LogP contribution in [0.2, 0.25) is 0 Å². The number of aryl methyl sites for hydroxylation is 1. The molecule has 100 valence electrons. The van der Waals surface area contributed by atoms with Crippen LogP contribution in [-0.2, 0) is 11.2 Å². The van der Waals surface area contributed by atoms with Crippen LogP contribution in [0, 0.1) is 5.92 Å². The van der Waals surface area contributed by atoms with Gasteiger partial charge in [-0.2, -0.15) is 0 Å². The lowest BCUT2D eigenvalue weighted by Gasteiger charge is -2.07. The third-order valence-electron chi connectivity index (χ3n) is 3.43. The van der Waals surface area contributed by atoms with E-state index in [1.54, 1.807) is 0 Å². The molecule has 4 nitrogen and oxygen atoms in total. The molecule has 0 spiro atoms. The Bertz CT molecular complexity index is 385. The summed E-state index contributed by atoms with van der Waals surface area (Å²) in [6.07, 6.45) is 8.91. The number of hydrogen-bond donors (Lipinski definition) is 1. The Hall–Kier alpha value is -0.970. The summed E-state index contributed by atoms with van der Waals surface area (Å²) in [5, 5.41) is 12.5. The van der Waals surface area contributed by atoms with Gasteiger partial charge in [0.25, 0.3) is 0 Å². The molecule has 0 aromatic carbocycles. The molecule has 1 aromatic rings. The molecule has 5 heteroatoms. The predicted octanol–water partition coefficient (Wildman–Crippen LogP) is 3.40. The lowest BCUT2D eigenvalue weighted by molar-refractivity contribution is -0.116. The van der Waals surface area contributed by atoms with Crippen LogP contribution in [0.15, 0.2) is 0 Å². The minimum absolute atomic E-state index is 0.0844. The van der Waals surface area contributed by atoms with Crippen molar-refractivity contribution in [3.8, 4) is 0 Å². The Labute approximate surface area is 112 Å². The largest absolute Gasteiger partial charge is 0.301 e. The Morgan fingerprint density at radius 1 is 1.39 bits per heavy atom. The Morgan fingerprint density at radius 2 is 2.17 bits per heavy atom. The monoisotopic (exact) mass is 267 g/mol. The van der Waals surface area contributed by atoms with Gasteiger partial charge < -0.3 is 5.32 Å². The quantitative estimate of drug-likeness (QED) is 0.859. The molecule has 1 aliphatic carbocycles. The van der Waals surface area contributed by atoms with Gasteiger partial charge in [-0.25, -0.2) is 0 Å². The summed E-state index contributed by atoms with van der Waals surface area (Å²) in [6.45, 7) is 2.11. The van der Waals surface area contributed by atoms with Gasteiger partial charge in [-0.15, -0.1) is 10.2 Å². The van der Waals surface area contributed by atoms with Gasteiger partial charge in [0.05, 0.1) is 0 Å². The van der Waals surface area contributed by atoms with Crippen LogP contribution < -0.4 is 5.32 Å². The summed E-state index contributed by atoms with van der Waals surface area (Å²) in [4.78, 5) is 11.8. The van der Waals surface area contributed by atoms with E-state index in [1.165, 1.54) is 37.0 Å². The maximum absolute atomic E-state index is 11.8. The Balaban J connectivity index is 1.72. The summed E-state index contributed by atoms with van der Waals surface area (Å²) in [5.74, 6) is 0.849. The van der Waals surface area contributed by atoms with Crippen molar-refractivity contribution >= 4 is 22.4 Å². The summed E-state index contributed by atoms with van der Waals surface area (Å²) in [7, 11) is 0. The molecule has 1 amide bonds. The fraction of sp³-hybridized carbons (Fsp3) is 0.769. The number of nitrogens with zero attached hydrogens (tertiary/aromatic N) is 2. The number of nitrogens with one attached hydrogen (secondary N) is 1. The van der Waals surface area contributed by atoms with Crippen LogP contribution in [0.25, 0.3) is 0 Å². The number of hydrogen-bond acceptors (Lipinski definition) is 4. The van der Waals surface area contributed by atoms with Gasteiger partial charge in [-0.1, -0.05) is 43.9 Å². The van der Waals surface area contributed by atoms with Crippen LogP contribution in [0.1, 0.15) is 56.9 Å². The number of carbonyl (C=O) groups is 1. The van der Waals surface area contributed by atoms with Crippen LogP contribution in [0.5, 0.6) is 0 Å². The van der Waals surface area contributed by atoms with E-state index in [2.05, 4.69) is 22.4 Å². The molecule has 2 rings (SSSR count). The number of amides is 1. The average Bonchev–Trinajstić information content (AvgIpc) is 2.99. The first-order chi connectivity index (χ1) is 8.78. The number of aromatic nitrogens is 2. The first-order valence-corrected chi connectivity index (χ1v) is 7.72. The van der Waals surface area contributed by atoms with Crippen LogP contribution >= 0.6 is 11.3 Å². The van der Waals surface area contributed by atoms with Gasteiger partial charge in [-0.3, -0.25) is 4.79 Å². The van der Waals surface area contributed by atoms with E-state index < -0.39 is 0 Å². The molecule has 1 aromatic heterocycles. The Morgan fingerprint density at radius 3 is 2.89 bits per heavy atom. The zero-order chi connectivity index (χ0) is 12.8. The highest BCUT2D eigenvalue weighted by Crippen LogP contribution is 2.28. The molecule has 1 fully saturated rings. The smallest absolute Gasteiger partial charge is 0.226 e. The molecule has 0 bridgehead atoms. The maximum Gasteiger partial charge on any atom is 0.226 e. The van der Waals surface area contributed by atoms with Crippen molar-refractivity contribution in [3.63, 3.8) is 0 Å². The van der Waals surface area contributed by atoms with E-state index in [4.69, 9.17) is 0 Å². The zero-order valence-electron chi connectivity index (χ0n) is 10.9. The summed E-state index contributed by atoms with van der Waals surface area (Å²) in [5.41, 5.74) is 0. The molecule has 18 heavy (non-hydrogen) atoms. The van der Waals surface area contributed by atoms with Crippen molar-refractivity contribution in [1.82, 2.24) is 10.2 Å². The molecule has 0 radical (unpaired) electrons. The van der Waals surface area contributed by atoms with Crippen molar-refractivity contribution in [3.05, 3.63) is 5.01 Å². The second kappa shape index (κ2) is 6.83. The molecular weight excluding hydrogens is 246 g/mol. The minimum Gasteiger partial charge on any atom is -0.301 e. The fourth-order valence-corrected chi connectivity index (χ4v) is 3.29. The van der Waals surface area contributed by atoms with Crippen molar-refractivity contribution in [2.45, 2.75) is 58.3 Å². The molecule has 0 unspecified atom stereocenters. The van der Waals surface area contributed by atoms with E-state index in [0.29, 0.717) is 11.6 Å². The van der Waals surface area contributed by atoms with E-state index in [0.717, 1.165) is 30.2 Å². The van der Waals surface area contributed by atoms with Crippen molar-refractivity contribution in [2.75, 3.05) is 5.32 Å². The second-order valence-electron chi connectivity index (χ2n) is 4.99. The van der Waals surface area contributed by atoms with Crippen molar-refractivity contribution in [1.29, 1.82) is 0 Å². The van der Waals surface area contributed by atoms with Gasteiger partial charge in [0.15, 0.2) is 0 Å². The highest BCUT2D eigenvalue weighted by atomic mass is 32.1. The molecule has 0 saturated heterocycles. The highest BCUT2D eigenvalue weighted by Gasteiger charge is 2.16. The summed E-state index contributed by atoms with van der Waals surface area (Å²) < 4.78 is 0. The SMILES string of the molecule is CCCc1nnc(NC(=O)CCC2CCCC2)s1. The zero-order valence-corrected chi connectivity index (χ0v) is 11.8. The molecule has 1 N–H and O–H groups in total. The number of rotatable bonds is 6. The number of anilines is 1. The molecule has 1 saturated carbocycles. The lowest BCUT2D eigenvalue weighted by atomic mass is 10.0. The van der Waals surface area contributed by atoms with Crippen LogP contribution in [0.3, 0.4) is 0 Å². The average molecular weight is 267 g/mol. The first-order valence-electron chi connectivity index (χ1n) is 6.90. The summed E-state index contributed by atoms with van der Waals surface area (Å²) in [6, 6.07) is 0. The third-order valence-corrected chi connectivity index (χ3v) is 4.33. The van der Waals surface area contributed by atoms with Gasteiger partial charge in [0.2, 0.25) is 11.0 Å². The minimum atomic E-state index is 0.0844.